The molecule has 0 fully saturated rings. The van der Waals surface area contributed by atoms with Gasteiger partial charge in [0.15, 0.2) is 0 Å². The number of carbonyl (C=O) groups is 1. The zero-order chi connectivity index (χ0) is 21.2. The fraction of sp³-hybridized carbons (Fsp3) is 0.500. The number of carbonyl (C=O) groups excluding carboxylic acids is 1. The lowest BCUT2D eigenvalue weighted by atomic mass is 10.1. The first-order valence-corrected chi connectivity index (χ1v) is 13.1. The van der Waals surface area contributed by atoms with Crippen molar-refractivity contribution in [2.24, 2.45) is 0 Å². The summed E-state index contributed by atoms with van der Waals surface area (Å²) >= 11 is 0. The number of hydrogen-bond acceptors (Lipinski definition) is 2. The molecule has 0 aliphatic carbocycles. The van der Waals surface area contributed by atoms with Crippen LogP contribution in [0.1, 0.15) is 72.6 Å². The standard InChI is InChI=1S/C26H38O2Si/c1-5-6-7-8-11-16-23(21-22-27)28-29(26(2,3)4,24-17-12-9-13-18-24)25-19-14-10-15-20-25/h9-10,12-15,17-20,22-23H,5-8,11,16,21H2,1-4H3. The van der Waals surface area contributed by atoms with Crippen LogP contribution in [-0.4, -0.2) is 20.7 Å². The molecule has 3 heteroatoms. The monoisotopic (exact) mass is 410 g/mol. The van der Waals surface area contributed by atoms with Crippen LogP contribution >= 0.6 is 0 Å². The highest BCUT2D eigenvalue weighted by Gasteiger charge is 2.51. The molecule has 0 aromatic heterocycles. The van der Waals surface area contributed by atoms with Gasteiger partial charge in [-0.3, -0.25) is 0 Å². The molecule has 0 amide bonds. The molecule has 0 heterocycles. The summed E-state index contributed by atoms with van der Waals surface area (Å²) < 4.78 is 7.13. The van der Waals surface area contributed by atoms with Crippen molar-refractivity contribution < 1.29 is 9.22 Å². The molecule has 0 saturated heterocycles. The Morgan fingerprint density at radius 3 is 1.83 bits per heavy atom. The van der Waals surface area contributed by atoms with Gasteiger partial charge in [0.25, 0.3) is 8.32 Å². The smallest absolute Gasteiger partial charge is 0.261 e. The molecule has 2 aromatic rings. The molecule has 158 valence electrons. The highest BCUT2D eigenvalue weighted by Crippen LogP contribution is 2.38. The van der Waals surface area contributed by atoms with Crippen molar-refractivity contribution in [2.75, 3.05) is 0 Å². The van der Waals surface area contributed by atoms with E-state index in [0.717, 1.165) is 19.1 Å². The maximum atomic E-state index is 11.5. The van der Waals surface area contributed by atoms with E-state index < -0.39 is 8.32 Å². The lowest BCUT2D eigenvalue weighted by Crippen LogP contribution is -2.67. The number of rotatable bonds is 12. The summed E-state index contributed by atoms with van der Waals surface area (Å²) in [5, 5.41) is 2.50. The van der Waals surface area contributed by atoms with E-state index in [1.54, 1.807) is 0 Å². The Bertz CT molecular complexity index is 667. The zero-order valence-corrected chi connectivity index (χ0v) is 19.7. The Labute approximate surface area is 178 Å². The fourth-order valence-electron chi connectivity index (χ4n) is 4.25. The van der Waals surface area contributed by atoms with Crippen LogP contribution in [0.5, 0.6) is 0 Å². The summed E-state index contributed by atoms with van der Waals surface area (Å²) in [4.78, 5) is 11.5. The summed E-state index contributed by atoms with van der Waals surface area (Å²) in [6.45, 7) is 9.11. The van der Waals surface area contributed by atoms with Crippen LogP contribution in [0.2, 0.25) is 5.04 Å². The molecule has 0 bridgehead atoms. The van der Waals surface area contributed by atoms with E-state index in [4.69, 9.17) is 4.43 Å². The third-order valence-corrected chi connectivity index (χ3v) is 10.8. The summed E-state index contributed by atoms with van der Waals surface area (Å²) in [7, 11) is -2.58. The van der Waals surface area contributed by atoms with E-state index in [0.29, 0.717) is 6.42 Å². The third-order valence-electron chi connectivity index (χ3n) is 5.75. The average molecular weight is 411 g/mol. The first kappa shape index (κ1) is 23.6. The van der Waals surface area contributed by atoms with Crippen LogP contribution in [0.25, 0.3) is 0 Å². The van der Waals surface area contributed by atoms with Crippen molar-refractivity contribution in [1.82, 2.24) is 0 Å². The van der Waals surface area contributed by atoms with Crippen LogP contribution in [0.4, 0.5) is 0 Å². The topological polar surface area (TPSA) is 26.3 Å². The first-order chi connectivity index (χ1) is 14.0. The van der Waals surface area contributed by atoms with E-state index >= 15 is 0 Å². The van der Waals surface area contributed by atoms with Gasteiger partial charge in [0, 0.05) is 6.42 Å². The Morgan fingerprint density at radius 1 is 0.862 bits per heavy atom. The largest absolute Gasteiger partial charge is 0.404 e. The lowest BCUT2D eigenvalue weighted by Gasteiger charge is -2.45. The van der Waals surface area contributed by atoms with E-state index in [1.807, 2.05) is 0 Å². The van der Waals surface area contributed by atoms with E-state index in [2.05, 4.69) is 88.4 Å². The minimum absolute atomic E-state index is 0.0274. The fourth-order valence-corrected chi connectivity index (χ4v) is 8.98. The Kier molecular flexibility index (Phi) is 9.32. The normalized spacial score (nSPS) is 13.2. The first-order valence-electron chi connectivity index (χ1n) is 11.2. The highest BCUT2D eigenvalue weighted by molar-refractivity contribution is 6.99. The Hall–Kier alpha value is -1.71. The minimum Gasteiger partial charge on any atom is -0.404 e. The molecule has 2 rings (SSSR count). The van der Waals surface area contributed by atoms with Gasteiger partial charge in [0.1, 0.15) is 6.29 Å². The molecule has 1 unspecified atom stereocenters. The van der Waals surface area contributed by atoms with Gasteiger partial charge in [-0.15, -0.1) is 0 Å². The molecular weight excluding hydrogens is 372 g/mol. The quantitative estimate of drug-likeness (QED) is 0.248. The molecular formula is C26H38O2Si. The molecule has 29 heavy (non-hydrogen) atoms. The SMILES string of the molecule is CCCCCCCC(CC=O)O[Si](c1ccccc1)(c1ccccc1)C(C)(C)C. The molecule has 0 aliphatic heterocycles. The number of benzene rings is 2. The molecule has 0 aliphatic rings. The maximum absolute atomic E-state index is 11.5. The molecule has 0 N–H and O–H groups in total. The van der Waals surface area contributed by atoms with Gasteiger partial charge < -0.3 is 9.22 Å². The predicted octanol–water partition coefficient (Wildman–Crippen LogP) is 5.88. The molecule has 1 atom stereocenters. The van der Waals surface area contributed by atoms with Gasteiger partial charge in [-0.2, -0.15) is 0 Å². The maximum Gasteiger partial charge on any atom is 0.261 e. The van der Waals surface area contributed by atoms with E-state index in [9.17, 15) is 4.79 Å². The summed E-state index contributed by atoms with van der Waals surface area (Å²) in [5.74, 6) is 0. The molecule has 2 nitrogen and oxygen atoms in total. The number of unbranched alkanes of at least 4 members (excludes halogenated alkanes) is 4. The Morgan fingerprint density at radius 2 is 1.38 bits per heavy atom. The van der Waals surface area contributed by atoms with E-state index in [-0.39, 0.29) is 11.1 Å². The second kappa shape index (κ2) is 11.5. The molecule has 2 aromatic carbocycles. The summed E-state index contributed by atoms with van der Waals surface area (Å²) in [5.41, 5.74) is 0. The second-order valence-electron chi connectivity index (χ2n) is 9.01. The van der Waals surface area contributed by atoms with Gasteiger partial charge in [-0.1, -0.05) is 120 Å². The lowest BCUT2D eigenvalue weighted by molar-refractivity contribution is -0.109. The van der Waals surface area contributed by atoms with Gasteiger partial charge in [-0.05, 0) is 21.8 Å². The van der Waals surface area contributed by atoms with Gasteiger partial charge in [0.2, 0.25) is 0 Å². The summed E-state index contributed by atoms with van der Waals surface area (Å²) in [6, 6.07) is 21.4. The second-order valence-corrected chi connectivity index (χ2v) is 13.3. The van der Waals surface area contributed by atoms with E-state index in [1.165, 1.54) is 36.1 Å². The van der Waals surface area contributed by atoms with Crippen molar-refractivity contribution >= 4 is 25.0 Å². The minimum atomic E-state index is -2.58. The number of hydrogen-bond donors (Lipinski definition) is 0. The molecule has 0 saturated carbocycles. The molecule has 0 spiro atoms. The van der Waals surface area contributed by atoms with Crippen LogP contribution in [-0.2, 0) is 9.22 Å². The zero-order valence-electron chi connectivity index (χ0n) is 18.7. The highest BCUT2D eigenvalue weighted by atomic mass is 28.4. The number of aldehydes is 1. The van der Waals surface area contributed by atoms with Crippen LogP contribution in [0.3, 0.4) is 0 Å². The van der Waals surface area contributed by atoms with Crippen molar-refractivity contribution in [3.63, 3.8) is 0 Å². The third kappa shape index (κ3) is 6.13. The van der Waals surface area contributed by atoms with Crippen molar-refractivity contribution in [2.45, 2.75) is 83.8 Å². The van der Waals surface area contributed by atoms with Gasteiger partial charge >= 0.3 is 0 Å². The summed E-state index contributed by atoms with van der Waals surface area (Å²) in [6.07, 6.45) is 8.57. The van der Waals surface area contributed by atoms with Crippen LogP contribution in [0.15, 0.2) is 60.7 Å². The Balaban J connectivity index is 2.41. The molecule has 0 radical (unpaired) electrons. The predicted molar refractivity (Wildman–Crippen MR) is 127 cm³/mol. The van der Waals surface area contributed by atoms with Crippen molar-refractivity contribution in [3.05, 3.63) is 60.7 Å². The average Bonchev–Trinajstić information content (AvgIpc) is 2.72. The van der Waals surface area contributed by atoms with Gasteiger partial charge in [-0.25, -0.2) is 0 Å². The van der Waals surface area contributed by atoms with Crippen LogP contribution in [0, 0.1) is 0 Å². The van der Waals surface area contributed by atoms with Gasteiger partial charge in [0.05, 0.1) is 6.10 Å². The van der Waals surface area contributed by atoms with Crippen molar-refractivity contribution in [1.29, 1.82) is 0 Å². The van der Waals surface area contributed by atoms with Crippen LogP contribution < -0.4 is 10.4 Å². The van der Waals surface area contributed by atoms with Crippen molar-refractivity contribution in [3.8, 4) is 0 Å².